The molecule has 0 bridgehead atoms. The highest BCUT2D eigenvalue weighted by molar-refractivity contribution is 5.86. The normalized spacial score (nSPS) is 18.5. The highest BCUT2D eigenvalue weighted by Gasteiger charge is 2.24. The number of nitrogens with zero attached hydrogens (tertiary/aromatic N) is 6. The Morgan fingerprint density at radius 1 is 1.22 bits per heavy atom. The number of nitrogens with two attached hydrogens (primary N) is 1. The maximum Gasteiger partial charge on any atom is 0.225 e. The molecule has 1 aliphatic rings. The molecule has 118 valence electrons. The number of aromatic nitrogens is 5. The standard InChI is InChI=1S/C16H19N7/c1-22-15-12(14(17)21-22)5-6-13(20-15)11-4-2-9-23(10-11)16-18-7-3-8-19-16/h3,5-8,11H,2,4,9-10H2,1H3,(H2,17,21)/t11-/m0/s1. The summed E-state index contributed by atoms with van der Waals surface area (Å²) in [6.07, 6.45) is 5.80. The Labute approximate surface area is 134 Å². The van der Waals surface area contributed by atoms with Crippen LogP contribution in [0.2, 0.25) is 0 Å². The van der Waals surface area contributed by atoms with E-state index in [1.165, 1.54) is 0 Å². The minimum Gasteiger partial charge on any atom is -0.382 e. The van der Waals surface area contributed by atoms with Crippen molar-refractivity contribution in [1.29, 1.82) is 0 Å². The van der Waals surface area contributed by atoms with Gasteiger partial charge in [0.1, 0.15) is 0 Å². The number of anilines is 2. The van der Waals surface area contributed by atoms with Crippen molar-refractivity contribution in [2.45, 2.75) is 18.8 Å². The Hall–Kier alpha value is -2.70. The number of hydrogen-bond acceptors (Lipinski definition) is 6. The Kier molecular flexibility index (Phi) is 3.33. The smallest absolute Gasteiger partial charge is 0.225 e. The molecule has 7 nitrogen and oxygen atoms in total. The van der Waals surface area contributed by atoms with Crippen molar-refractivity contribution in [3.05, 3.63) is 36.3 Å². The Morgan fingerprint density at radius 3 is 2.87 bits per heavy atom. The molecule has 0 saturated carbocycles. The second-order valence-corrected chi connectivity index (χ2v) is 5.95. The van der Waals surface area contributed by atoms with Gasteiger partial charge in [-0.25, -0.2) is 19.6 Å². The zero-order valence-electron chi connectivity index (χ0n) is 13.1. The summed E-state index contributed by atoms with van der Waals surface area (Å²) in [6.45, 7) is 1.87. The molecule has 0 amide bonds. The molecule has 1 aliphatic heterocycles. The van der Waals surface area contributed by atoms with Crippen molar-refractivity contribution in [2.75, 3.05) is 23.7 Å². The first-order chi connectivity index (χ1) is 11.2. The van der Waals surface area contributed by atoms with Crippen LogP contribution in [0.1, 0.15) is 24.5 Å². The first kappa shape index (κ1) is 13.9. The molecule has 23 heavy (non-hydrogen) atoms. The van der Waals surface area contributed by atoms with E-state index in [1.54, 1.807) is 17.1 Å². The van der Waals surface area contributed by atoms with E-state index in [9.17, 15) is 0 Å². The van der Waals surface area contributed by atoms with E-state index in [4.69, 9.17) is 10.7 Å². The van der Waals surface area contributed by atoms with Crippen molar-refractivity contribution < 1.29 is 0 Å². The van der Waals surface area contributed by atoms with Crippen LogP contribution in [0.4, 0.5) is 11.8 Å². The third-order valence-corrected chi connectivity index (χ3v) is 4.41. The fourth-order valence-corrected chi connectivity index (χ4v) is 3.25. The van der Waals surface area contributed by atoms with Crippen LogP contribution < -0.4 is 10.6 Å². The van der Waals surface area contributed by atoms with Crippen molar-refractivity contribution in [1.82, 2.24) is 24.7 Å². The highest BCUT2D eigenvalue weighted by Crippen LogP contribution is 2.29. The van der Waals surface area contributed by atoms with Gasteiger partial charge in [-0.3, -0.25) is 0 Å². The molecule has 4 heterocycles. The molecule has 0 unspecified atom stereocenters. The van der Waals surface area contributed by atoms with Crippen LogP contribution in [0.3, 0.4) is 0 Å². The summed E-state index contributed by atoms with van der Waals surface area (Å²) in [4.78, 5) is 15.8. The second-order valence-electron chi connectivity index (χ2n) is 5.95. The lowest BCUT2D eigenvalue weighted by Gasteiger charge is -2.32. The van der Waals surface area contributed by atoms with E-state index >= 15 is 0 Å². The molecular weight excluding hydrogens is 290 g/mol. The van der Waals surface area contributed by atoms with E-state index in [-0.39, 0.29) is 0 Å². The zero-order valence-corrected chi connectivity index (χ0v) is 13.1. The number of pyridine rings is 1. The first-order valence-corrected chi connectivity index (χ1v) is 7.83. The minimum absolute atomic E-state index is 0.369. The fraction of sp³-hybridized carbons (Fsp3) is 0.375. The predicted molar refractivity (Wildman–Crippen MR) is 89.1 cm³/mol. The van der Waals surface area contributed by atoms with Gasteiger partial charge in [-0.1, -0.05) is 0 Å². The monoisotopic (exact) mass is 309 g/mol. The number of aryl methyl sites for hydroxylation is 1. The van der Waals surface area contributed by atoms with E-state index in [1.807, 2.05) is 19.2 Å². The fourth-order valence-electron chi connectivity index (χ4n) is 3.25. The lowest BCUT2D eigenvalue weighted by molar-refractivity contribution is 0.496. The van der Waals surface area contributed by atoms with Crippen LogP contribution in [-0.2, 0) is 7.05 Å². The van der Waals surface area contributed by atoms with Crippen molar-refractivity contribution >= 4 is 22.8 Å². The molecule has 2 N–H and O–H groups in total. The van der Waals surface area contributed by atoms with Gasteiger partial charge in [-0.05, 0) is 31.0 Å². The van der Waals surface area contributed by atoms with Gasteiger partial charge in [0.2, 0.25) is 5.95 Å². The number of hydrogen-bond donors (Lipinski definition) is 1. The maximum absolute atomic E-state index is 5.91. The van der Waals surface area contributed by atoms with Gasteiger partial charge in [0, 0.05) is 44.1 Å². The average molecular weight is 309 g/mol. The number of rotatable bonds is 2. The van der Waals surface area contributed by atoms with E-state index < -0.39 is 0 Å². The maximum atomic E-state index is 5.91. The third-order valence-electron chi connectivity index (χ3n) is 4.41. The lowest BCUT2D eigenvalue weighted by atomic mass is 9.94. The van der Waals surface area contributed by atoms with Gasteiger partial charge < -0.3 is 10.6 Å². The van der Waals surface area contributed by atoms with Crippen LogP contribution in [0.5, 0.6) is 0 Å². The van der Waals surface area contributed by atoms with Gasteiger partial charge in [0.05, 0.1) is 5.39 Å². The number of piperidine rings is 1. The van der Waals surface area contributed by atoms with Crippen molar-refractivity contribution in [3.63, 3.8) is 0 Å². The van der Waals surface area contributed by atoms with Crippen LogP contribution in [0, 0.1) is 0 Å². The highest BCUT2D eigenvalue weighted by atomic mass is 15.3. The summed E-state index contributed by atoms with van der Waals surface area (Å²) >= 11 is 0. The summed E-state index contributed by atoms with van der Waals surface area (Å²) in [5.41, 5.74) is 7.83. The molecule has 3 aromatic rings. The molecule has 7 heteroatoms. The van der Waals surface area contributed by atoms with Crippen LogP contribution in [0.15, 0.2) is 30.6 Å². The number of fused-ring (bicyclic) bond motifs is 1. The third kappa shape index (κ3) is 2.48. The second kappa shape index (κ2) is 5.49. The van der Waals surface area contributed by atoms with Crippen LogP contribution in [0.25, 0.3) is 11.0 Å². The van der Waals surface area contributed by atoms with E-state index in [0.29, 0.717) is 11.7 Å². The van der Waals surface area contributed by atoms with Crippen molar-refractivity contribution in [2.24, 2.45) is 7.05 Å². The molecule has 0 aromatic carbocycles. The Morgan fingerprint density at radius 2 is 2.04 bits per heavy atom. The SMILES string of the molecule is Cn1nc(N)c2ccc([C@H]3CCCN(c4ncccn4)C3)nc21. The van der Waals surface area contributed by atoms with E-state index in [2.05, 4.69) is 26.0 Å². The molecule has 0 radical (unpaired) electrons. The minimum atomic E-state index is 0.369. The van der Waals surface area contributed by atoms with Crippen LogP contribution in [-0.4, -0.2) is 37.8 Å². The quantitative estimate of drug-likeness (QED) is 0.776. The first-order valence-electron chi connectivity index (χ1n) is 7.83. The van der Waals surface area contributed by atoms with Gasteiger partial charge >= 0.3 is 0 Å². The summed E-state index contributed by atoms with van der Waals surface area (Å²) in [7, 11) is 1.88. The Bertz CT molecular complexity index is 827. The summed E-state index contributed by atoms with van der Waals surface area (Å²) in [5, 5.41) is 5.15. The molecule has 0 spiro atoms. The van der Waals surface area contributed by atoms with Gasteiger partial charge in [0.25, 0.3) is 0 Å². The summed E-state index contributed by atoms with van der Waals surface area (Å²) in [6, 6.07) is 5.94. The summed E-state index contributed by atoms with van der Waals surface area (Å²) < 4.78 is 1.75. The molecule has 3 aromatic heterocycles. The molecule has 4 rings (SSSR count). The van der Waals surface area contributed by atoms with Gasteiger partial charge in [-0.15, -0.1) is 0 Å². The van der Waals surface area contributed by atoms with Gasteiger partial charge in [-0.2, -0.15) is 5.10 Å². The van der Waals surface area contributed by atoms with E-state index in [0.717, 1.165) is 48.6 Å². The predicted octanol–water partition coefficient (Wildman–Crippen LogP) is 1.72. The van der Waals surface area contributed by atoms with Gasteiger partial charge in [0.15, 0.2) is 11.5 Å². The molecule has 1 saturated heterocycles. The lowest BCUT2D eigenvalue weighted by Crippen LogP contribution is -2.35. The molecule has 1 fully saturated rings. The van der Waals surface area contributed by atoms with Crippen molar-refractivity contribution in [3.8, 4) is 0 Å². The number of nitrogen functional groups attached to an aromatic ring is 1. The largest absolute Gasteiger partial charge is 0.382 e. The summed E-state index contributed by atoms with van der Waals surface area (Å²) in [5.74, 6) is 1.70. The Balaban J connectivity index is 1.63. The molecule has 0 aliphatic carbocycles. The molecule has 1 atom stereocenters. The zero-order chi connectivity index (χ0) is 15.8. The average Bonchev–Trinajstić information content (AvgIpc) is 2.90. The molecular formula is C16H19N7. The van der Waals surface area contributed by atoms with Crippen LogP contribution >= 0.6 is 0 Å². The topological polar surface area (TPSA) is 85.8 Å².